The molecule has 7 amide bonds. The van der Waals surface area contributed by atoms with Crippen molar-refractivity contribution in [2.75, 3.05) is 75.6 Å². The number of thiophene rings is 2. The van der Waals surface area contributed by atoms with E-state index in [9.17, 15) is 48.0 Å². The number of benzene rings is 6. The molecule has 31 heteroatoms. The Kier molecular flexibility index (Phi) is 35.7. The van der Waals surface area contributed by atoms with Crippen LogP contribution in [-0.2, 0) is 41.9 Å². The number of para-hydroxylation sites is 4. The lowest BCUT2D eigenvalue weighted by Crippen LogP contribution is -2.42. The highest BCUT2D eigenvalue weighted by Gasteiger charge is 2.30. The number of nitrogens with zero attached hydrogens (tertiary/aromatic N) is 8. The van der Waals surface area contributed by atoms with E-state index < -0.39 is 5.82 Å². The molecule has 2 aliphatic heterocycles. The fourth-order valence-corrected chi connectivity index (χ4v) is 15.9. The van der Waals surface area contributed by atoms with E-state index in [1.54, 1.807) is 145 Å². The first-order chi connectivity index (χ1) is 61.0. The lowest BCUT2D eigenvalue weighted by atomic mass is 9.96. The van der Waals surface area contributed by atoms with Gasteiger partial charge in [-0.15, -0.1) is 32.9 Å². The zero-order valence-corrected chi connectivity index (χ0v) is 73.4. The minimum absolute atomic E-state index is 0. The number of fused-ring (bicyclic) bond motifs is 2. The predicted octanol–water partition coefficient (Wildman–Crippen LogP) is 20.5. The van der Waals surface area contributed by atoms with E-state index in [1.165, 1.54) is 89.0 Å². The van der Waals surface area contributed by atoms with Crippen LogP contribution >= 0.6 is 45.6 Å². The van der Waals surface area contributed by atoms with Gasteiger partial charge >= 0.3 is 0 Å². The number of ether oxygens (including phenoxy) is 3. The highest BCUT2D eigenvalue weighted by molar-refractivity contribution is 7.16. The molecule has 1 aliphatic carbocycles. The molecule has 9 heterocycles. The van der Waals surface area contributed by atoms with Gasteiger partial charge in [-0.25, -0.2) is 19.3 Å². The number of ketones is 1. The number of anilines is 8. The molecule has 3 aliphatic rings. The molecule has 127 heavy (non-hydrogen) atoms. The molecule has 1 saturated heterocycles. The summed E-state index contributed by atoms with van der Waals surface area (Å²) in [5, 5.41) is 38.5. The van der Waals surface area contributed by atoms with Crippen LogP contribution in [0.15, 0.2) is 229 Å². The standard InChI is InChI=1S/C19H21N3O2.C16H13ClN2O3.C16H15N3O3S.C16H16N2OS2.C15H16N2O2.C13H11FN2O.CH4/c1-14(23)15-8-3-4-10-17(15)21-19(24)16-9-7-11-20-18(16)22-12-5-2-6-13-22;1-22-14-7-6-10(17)8-11(14)16(21)19-9-15(20)18-12-4-2-3-5-13(12)19;1-2-14-18-19-16(23-14)17-15(20)12-8-9-21-13(12)10-22-11-6-4-3-5-7-11;17-10-13-12-5-1-2-6-14(12)21-16(13)18-15(19)8-7-11-4-3-9-20-11;1-10-4-5-14(16-9-10)17-15(18)12-6-11(2)7-13(8-12)19-3;1-9-5-6-12(15-8-9)16-13(17)10-3-2-4-11(14)7-10;/h3-4,7-11H,2,5-6,12-13H2,1H3,(H,21,24);2-8H,9H2,1H3,(H,18,20);3-9H,2,10H2,1H3,(H,17,19,20);3-4,9H,1-2,5-8H2,(H,18,19);4-9H,1-3H3,(H,16,17,18);2-8H,1H3,(H,15,16,17);1H4. The van der Waals surface area contributed by atoms with E-state index in [-0.39, 0.29) is 73.3 Å². The van der Waals surface area contributed by atoms with Crippen LogP contribution in [0.5, 0.6) is 17.2 Å². The first-order valence-electron chi connectivity index (χ1n) is 40.3. The van der Waals surface area contributed by atoms with E-state index in [0.29, 0.717) is 102 Å². The number of carbonyl (C=O) groups excluding carboxylic acids is 8. The van der Waals surface area contributed by atoms with E-state index in [4.69, 9.17) is 30.2 Å². The molecule has 6 aromatic carbocycles. The summed E-state index contributed by atoms with van der Waals surface area (Å²) >= 11 is 10.6. The number of methoxy groups -OCH3 is 2. The number of Topliss-reactive ketones (excluding diaryl/α,β-unsaturated/α-hetero) is 1. The molecule has 0 radical (unpaired) electrons. The number of amides is 7. The number of halogens is 2. The fourth-order valence-electron chi connectivity index (χ4n) is 13.1. The number of nitrogens with one attached hydrogen (secondary N) is 6. The van der Waals surface area contributed by atoms with Gasteiger partial charge in [0.05, 0.1) is 59.8 Å². The van der Waals surface area contributed by atoms with Crippen molar-refractivity contribution in [1.82, 2.24) is 25.1 Å². The van der Waals surface area contributed by atoms with Crippen LogP contribution in [0.25, 0.3) is 0 Å². The quantitative estimate of drug-likeness (QED) is 0.0364. The highest BCUT2D eigenvalue weighted by Crippen LogP contribution is 2.39. The average molecular weight is 1790 g/mol. The Bertz CT molecular complexity index is 5980. The predicted molar refractivity (Wildman–Crippen MR) is 498 cm³/mol. The Balaban J connectivity index is 0.000000159. The summed E-state index contributed by atoms with van der Waals surface area (Å²) in [5.41, 5.74) is 9.30. The molecule has 0 unspecified atom stereocenters. The normalized spacial score (nSPS) is 12.0. The van der Waals surface area contributed by atoms with E-state index in [1.807, 2.05) is 106 Å². The van der Waals surface area contributed by atoms with Crippen LogP contribution in [0.4, 0.5) is 49.0 Å². The van der Waals surface area contributed by atoms with Crippen LogP contribution in [0.1, 0.15) is 170 Å². The maximum Gasteiger partial charge on any atom is 0.262 e. The zero-order chi connectivity index (χ0) is 89.4. The zero-order valence-electron chi connectivity index (χ0n) is 70.2. The van der Waals surface area contributed by atoms with Crippen molar-refractivity contribution >= 4 is 137 Å². The Morgan fingerprint density at radius 3 is 2.01 bits per heavy atom. The molecule has 1 fully saturated rings. The van der Waals surface area contributed by atoms with Gasteiger partial charge in [0.15, 0.2) is 11.5 Å². The van der Waals surface area contributed by atoms with Crippen molar-refractivity contribution in [3.05, 3.63) is 317 Å². The smallest absolute Gasteiger partial charge is 0.262 e. The molecule has 26 nitrogen and oxygen atoms in total. The second kappa shape index (κ2) is 47.7. The number of pyridine rings is 3. The largest absolute Gasteiger partial charge is 0.497 e. The average Bonchev–Trinajstić information content (AvgIpc) is 1.60. The van der Waals surface area contributed by atoms with Gasteiger partial charge in [-0.2, -0.15) is 5.26 Å². The minimum Gasteiger partial charge on any atom is -0.497 e. The molecule has 0 saturated carbocycles. The number of aromatic nitrogens is 5. The monoisotopic (exact) mass is 1790 g/mol. The van der Waals surface area contributed by atoms with Crippen LogP contribution in [0, 0.1) is 37.9 Å². The maximum absolute atomic E-state index is 12.9. The minimum atomic E-state index is -0.436. The number of piperidine rings is 1. The Hall–Kier alpha value is -14.1. The van der Waals surface area contributed by atoms with E-state index in [0.717, 1.165) is 90.6 Å². The third kappa shape index (κ3) is 27.7. The van der Waals surface area contributed by atoms with Crippen LogP contribution < -0.4 is 55.9 Å². The number of rotatable bonds is 21. The van der Waals surface area contributed by atoms with Crippen molar-refractivity contribution in [3.8, 4) is 23.3 Å². The SMILES string of the molecule is C.CC(=O)c1ccccc1NC(=O)c1cccnc1N1CCCCC1.CCc1nnc(NC(=O)c2ccoc2COc2ccccc2)s1.COc1cc(C)cc(C(=O)Nc2ccc(C)cn2)c1.COc1ccc(Cl)cc1C(=O)N1CC(=O)Nc2ccccc21.Cc1ccc(NC(=O)c2cccc(F)c2)nc1.N#Cc1c(NC(=O)CCc2cccs2)sc2c1CCCC2. The van der Waals surface area contributed by atoms with Gasteiger partial charge in [0, 0.05) is 69.6 Å². The summed E-state index contributed by atoms with van der Waals surface area (Å²) in [6.07, 6.45) is 16.4. The van der Waals surface area contributed by atoms with Gasteiger partial charge in [-0.3, -0.25) is 48.6 Å². The summed E-state index contributed by atoms with van der Waals surface area (Å²) in [6, 6.07) is 58.0. The first kappa shape index (κ1) is 95.1. The van der Waals surface area contributed by atoms with E-state index >= 15 is 0 Å². The topological polar surface area (TPSA) is 344 Å². The number of aryl methyl sites for hydroxylation is 6. The van der Waals surface area contributed by atoms with Gasteiger partial charge in [0.2, 0.25) is 16.9 Å². The van der Waals surface area contributed by atoms with E-state index in [2.05, 4.69) is 68.0 Å². The molecule has 0 atom stereocenters. The van der Waals surface area contributed by atoms with Crippen LogP contribution in [-0.4, -0.2) is 106 Å². The van der Waals surface area contributed by atoms with Crippen molar-refractivity contribution in [1.29, 1.82) is 5.26 Å². The fraction of sp³-hybridized carbons (Fsp3) is 0.229. The molecular formula is C96H96ClFN14O12S3. The Labute approximate surface area is 753 Å². The van der Waals surface area contributed by atoms with Crippen LogP contribution in [0.3, 0.4) is 0 Å². The molecule has 0 bridgehead atoms. The first-order valence-corrected chi connectivity index (χ1v) is 43.2. The van der Waals surface area contributed by atoms with Crippen molar-refractivity contribution < 1.29 is 61.4 Å². The highest BCUT2D eigenvalue weighted by atomic mass is 35.5. The number of hydrogen-bond acceptors (Lipinski definition) is 22. The number of carbonyl (C=O) groups is 8. The third-order valence-electron chi connectivity index (χ3n) is 19.4. The summed E-state index contributed by atoms with van der Waals surface area (Å²) in [4.78, 5) is 116. The Morgan fingerprint density at radius 1 is 0.630 bits per heavy atom. The molecular weight excluding hydrogens is 1690 g/mol. The lowest BCUT2D eigenvalue weighted by molar-refractivity contribution is -0.116. The maximum atomic E-state index is 12.9. The second-order valence-electron chi connectivity index (χ2n) is 28.7. The van der Waals surface area contributed by atoms with Crippen molar-refractivity contribution in [3.63, 3.8) is 0 Å². The number of nitriles is 1. The van der Waals surface area contributed by atoms with Gasteiger partial charge in [-0.1, -0.05) is 104 Å². The van der Waals surface area contributed by atoms with Crippen LogP contribution in [0.2, 0.25) is 5.02 Å². The third-order valence-corrected chi connectivity index (χ3v) is 22.8. The summed E-state index contributed by atoms with van der Waals surface area (Å²) in [6.45, 7) is 11.2. The van der Waals surface area contributed by atoms with Crippen molar-refractivity contribution in [2.45, 2.75) is 113 Å². The second-order valence-corrected chi connectivity index (χ2v) is 32.3. The number of hydrogen-bond donors (Lipinski definition) is 6. The number of furan rings is 1. The molecule has 7 aromatic heterocycles. The van der Waals surface area contributed by atoms with Gasteiger partial charge in [-0.05, 0) is 241 Å². The molecule has 13 aromatic rings. The van der Waals surface area contributed by atoms with Gasteiger partial charge < -0.3 is 50.1 Å². The molecule has 16 rings (SSSR count). The van der Waals surface area contributed by atoms with Crippen molar-refractivity contribution in [2.24, 2.45) is 0 Å². The lowest BCUT2D eigenvalue weighted by Gasteiger charge is -2.29. The van der Waals surface area contributed by atoms with Gasteiger partial charge in [0.25, 0.3) is 29.5 Å². The summed E-state index contributed by atoms with van der Waals surface area (Å²) < 4.78 is 34.3. The summed E-state index contributed by atoms with van der Waals surface area (Å²) in [5.74, 6) is 1.78. The molecule has 0 spiro atoms. The Morgan fingerprint density at radius 2 is 1.33 bits per heavy atom. The van der Waals surface area contributed by atoms with Gasteiger partial charge in [0.1, 0.15) is 69.7 Å². The summed E-state index contributed by atoms with van der Waals surface area (Å²) in [7, 11) is 3.06. The molecule has 654 valence electrons. The molecule has 6 N–H and O–H groups in total.